The van der Waals surface area contributed by atoms with Crippen molar-refractivity contribution in [2.75, 3.05) is 19.6 Å². The number of rotatable bonds is 5. The predicted molar refractivity (Wildman–Crippen MR) is 55.6 cm³/mol. The number of hydrogen-bond donors (Lipinski definition) is 0. The van der Waals surface area contributed by atoms with Gasteiger partial charge in [-0.05, 0) is 25.9 Å². The molecule has 4 nitrogen and oxygen atoms in total. The summed E-state index contributed by atoms with van der Waals surface area (Å²) in [6, 6.07) is 0. The van der Waals surface area contributed by atoms with Crippen LogP contribution in [0.4, 0.5) is 0 Å². The van der Waals surface area contributed by atoms with Crippen LogP contribution in [0.5, 0.6) is 0 Å². The molecular formula is C11H16N2O2. The van der Waals surface area contributed by atoms with Gasteiger partial charge < -0.3 is 14.1 Å². The molecule has 82 valence electrons. The van der Waals surface area contributed by atoms with Crippen molar-refractivity contribution in [1.29, 1.82) is 0 Å². The minimum atomic E-state index is 0.330. The van der Waals surface area contributed by atoms with Crippen molar-refractivity contribution >= 4 is 6.29 Å². The molecule has 4 heteroatoms. The second kappa shape index (κ2) is 5.07. The first-order chi connectivity index (χ1) is 7.38. The predicted octanol–water partition coefficient (Wildman–Crippen LogP) is 1.05. The smallest absolute Gasteiger partial charge is 0.195 e. The van der Waals surface area contributed by atoms with E-state index in [1.165, 1.54) is 25.9 Å². The van der Waals surface area contributed by atoms with Gasteiger partial charge in [-0.2, -0.15) is 0 Å². The molecule has 0 aromatic carbocycles. The lowest BCUT2D eigenvalue weighted by Crippen LogP contribution is -2.21. The highest BCUT2D eigenvalue weighted by atomic mass is 16.4. The molecule has 0 radical (unpaired) electrons. The first-order valence-corrected chi connectivity index (χ1v) is 5.48. The van der Waals surface area contributed by atoms with Crippen molar-refractivity contribution in [3.63, 3.8) is 0 Å². The van der Waals surface area contributed by atoms with Gasteiger partial charge in [0.1, 0.15) is 12.0 Å². The van der Waals surface area contributed by atoms with E-state index in [4.69, 9.17) is 4.42 Å². The van der Waals surface area contributed by atoms with E-state index < -0.39 is 0 Å². The molecule has 0 bridgehead atoms. The summed E-state index contributed by atoms with van der Waals surface area (Å²) in [5, 5.41) is 0. The average molecular weight is 208 g/mol. The number of oxazole rings is 1. The maximum Gasteiger partial charge on any atom is 0.195 e. The van der Waals surface area contributed by atoms with Crippen LogP contribution in [-0.4, -0.2) is 35.8 Å². The summed E-state index contributed by atoms with van der Waals surface area (Å²) >= 11 is 0. The molecule has 0 saturated carbocycles. The number of aldehydes is 1. The largest absolute Gasteiger partial charge is 0.445 e. The third-order valence-corrected chi connectivity index (χ3v) is 2.73. The van der Waals surface area contributed by atoms with Crippen LogP contribution in [-0.2, 0) is 17.6 Å². The van der Waals surface area contributed by atoms with Crippen LogP contribution in [0.15, 0.2) is 10.6 Å². The normalized spacial score (nSPS) is 17.1. The van der Waals surface area contributed by atoms with Crippen molar-refractivity contribution in [2.45, 2.75) is 25.7 Å². The molecule has 1 fully saturated rings. The molecule has 0 aliphatic carbocycles. The van der Waals surface area contributed by atoms with Crippen LogP contribution in [0.25, 0.3) is 0 Å². The fourth-order valence-electron chi connectivity index (χ4n) is 1.90. The summed E-state index contributed by atoms with van der Waals surface area (Å²) in [4.78, 5) is 16.8. The van der Waals surface area contributed by atoms with Gasteiger partial charge in [-0.25, -0.2) is 4.98 Å². The molecule has 1 saturated heterocycles. The van der Waals surface area contributed by atoms with Crippen LogP contribution >= 0.6 is 0 Å². The van der Waals surface area contributed by atoms with E-state index in [9.17, 15) is 4.79 Å². The van der Waals surface area contributed by atoms with E-state index in [1.807, 2.05) is 0 Å². The second-order valence-electron chi connectivity index (χ2n) is 3.89. The zero-order valence-corrected chi connectivity index (χ0v) is 8.82. The molecule has 1 aromatic rings. The van der Waals surface area contributed by atoms with Crippen molar-refractivity contribution in [1.82, 2.24) is 9.88 Å². The van der Waals surface area contributed by atoms with Gasteiger partial charge in [0.2, 0.25) is 0 Å². The highest BCUT2D eigenvalue weighted by Crippen LogP contribution is 2.09. The van der Waals surface area contributed by atoms with E-state index in [-0.39, 0.29) is 0 Å². The third-order valence-electron chi connectivity index (χ3n) is 2.73. The van der Waals surface area contributed by atoms with Gasteiger partial charge in [0.05, 0.1) is 12.6 Å². The van der Waals surface area contributed by atoms with E-state index in [0.717, 1.165) is 25.1 Å². The van der Waals surface area contributed by atoms with Gasteiger partial charge in [0, 0.05) is 13.0 Å². The molecule has 0 spiro atoms. The molecule has 0 unspecified atom stereocenters. The Balaban J connectivity index is 1.79. The summed E-state index contributed by atoms with van der Waals surface area (Å²) in [7, 11) is 0. The average Bonchev–Trinajstić information content (AvgIpc) is 2.85. The van der Waals surface area contributed by atoms with Gasteiger partial charge in [0.25, 0.3) is 0 Å². The van der Waals surface area contributed by atoms with Crippen molar-refractivity contribution in [3.8, 4) is 0 Å². The van der Waals surface area contributed by atoms with Gasteiger partial charge in [-0.15, -0.1) is 0 Å². The number of nitrogens with zero attached hydrogens (tertiary/aromatic N) is 2. The van der Waals surface area contributed by atoms with E-state index in [2.05, 4.69) is 9.88 Å². The Kier molecular flexibility index (Phi) is 3.50. The van der Waals surface area contributed by atoms with Crippen LogP contribution in [0, 0.1) is 0 Å². The van der Waals surface area contributed by atoms with E-state index in [1.54, 1.807) is 6.20 Å². The third kappa shape index (κ3) is 2.89. The molecule has 0 N–H and O–H groups in total. The summed E-state index contributed by atoms with van der Waals surface area (Å²) < 4.78 is 5.41. The van der Waals surface area contributed by atoms with Crippen molar-refractivity contribution < 1.29 is 9.21 Å². The molecule has 1 aromatic heterocycles. The Morgan fingerprint density at radius 3 is 3.00 bits per heavy atom. The van der Waals surface area contributed by atoms with Crippen LogP contribution in [0.1, 0.15) is 24.5 Å². The van der Waals surface area contributed by atoms with Crippen molar-refractivity contribution in [3.05, 3.63) is 17.8 Å². The maximum absolute atomic E-state index is 10.3. The van der Waals surface area contributed by atoms with E-state index in [0.29, 0.717) is 12.2 Å². The highest BCUT2D eigenvalue weighted by Gasteiger charge is 2.12. The van der Waals surface area contributed by atoms with Gasteiger partial charge in [-0.1, -0.05) is 0 Å². The fraction of sp³-hybridized carbons (Fsp3) is 0.636. The first-order valence-electron chi connectivity index (χ1n) is 5.48. The van der Waals surface area contributed by atoms with E-state index >= 15 is 0 Å². The van der Waals surface area contributed by atoms with Gasteiger partial charge >= 0.3 is 0 Å². The molecule has 15 heavy (non-hydrogen) atoms. The molecular weight excluding hydrogens is 192 g/mol. The lowest BCUT2D eigenvalue weighted by atomic mass is 10.4. The van der Waals surface area contributed by atoms with Crippen LogP contribution < -0.4 is 0 Å². The number of hydrogen-bond acceptors (Lipinski definition) is 4. The highest BCUT2D eigenvalue weighted by molar-refractivity contribution is 5.52. The second-order valence-corrected chi connectivity index (χ2v) is 3.89. The SMILES string of the molecule is O=CCc1cnc(CCN2CCCC2)o1. The zero-order valence-electron chi connectivity index (χ0n) is 8.82. The monoisotopic (exact) mass is 208 g/mol. The zero-order chi connectivity index (χ0) is 10.5. The summed E-state index contributed by atoms with van der Waals surface area (Å²) in [5.41, 5.74) is 0. The molecule has 2 heterocycles. The van der Waals surface area contributed by atoms with Gasteiger partial charge in [0.15, 0.2) is 5.89 Å². The van der Waals surface area contributed by atoms with Crippen molar-refractivity contribution in [2.24, 2.45) is 0 Å². The lowest BCUT2D eigenvalue weighted by Gasteiger charge is -2.12. The molecule has 1 aliphatic rings. The minimum absolute atomic E-state index is 0.330. The topological polar surface area (TPSA) is 46.3 Å². The number of carbonyl (C=O) groups excluding carboxylic acids is 1. The van der Waals surface area contributed by atoms with Crippen LogP contribution in [0.3, 0.4) is 0 Å². The van der Waals surface area contributed by atoms with Crippen LogP contribution in [0.2, 0.25) is 0 Å². The Hall–Kier alpha value is -1.16. The minimum Gasteiger partial charge on any atom is -0.445 e. The number of carbonyl (C=O) groups is 1. The number of aromatic nitrogens is 1. The summed E-state index contributed by atoms with van der Waals surface area (Å²) in [5.74, 6) is 1.42. The summed E-state index contributed by atoms with van der Waals surface area (Å²) in [6.45, 7) is 3.41. The number of likely N-dealkylation sites (tertiary alicyclic amines) is 1. The molecule has 0 amide bonds. The first kappa shape index (κ1) is 10.4. The maximum atomic E-state index is 10.3. The quantitative estimate of drug-likeness (QED) is 0.679. The summed E-state index contributed by atoms with van der Waals surface area (Å²) in [6.07, 6.45) is 6.28. The lowest BCUT2D eigenvalue weighted by molar-refractivity contribution is -0.107. The molecule has 2 rings (SSSR count). The Bertz CT molecular complexity index is 316. The van der Waals surface area contributed by atoms with Gasteiger partial charge in [-0.3, -0.25) is 0 Å². The molecule has 0 atom stereocenters. The Morgan fingerprint density at radius 1 is 1.47 bits per heavy atom. The fourth-order valence-corrected chi connectivity index (χ4v) is 1.90. The standard InChI is InChI=1S/C11H16N2O2/c14-8-4-10-9-12-11(15-10)3-7-13-5-1-2-6-13/h8-9H,1-7H2. The molecule has 1 aliphatic heterocycles. The Labute approximate surface area is 89.3 Å². The Morgan fingerprint density at radius 2 is 2.27 bits per heavy atom.